The zero-order chi connectivity index (χ0) is 22.0. The average molecular weight is 415 g/mol. The van der Waals surface area contributed by atoms with Crippen molar-refractivity contribution >= 4 is 11.9 Å². The van der Waals surface area contributed by atoms with Crippen molar-refractivity contribution in [3.05, 3.63) is 94.7 Å². The van der Waals surface area contributed by atoms with Crippen LogP contribution in [0.2, 0.25) is 0 Å². The normalized spacial score (nSPS) is 14.3. The molecule has 0 aromatic heterocycles. The topological polar surface area (TPSA) is 44.8 Å². The van der Waals surface area contributed by atoms with Gasteiger partial charge in [0.1, 0.15) is 23.9 Å². The summed E-state index contributed by atoms with van der Waals surface area (Å²) in [5.41, 5.74) is 3.80. The monoisotopic (exact) mass is 414 g/mol. The van der Waals surface area contributed by atoms with E-state index in [4.69, 9.17) is 14.2 Å². The fourth-order valence-electron chi connectivity index (χ4n) is 3.42. The van der Waals surface area contributed by atoms with Gasteiger partial charge in [0.15, 0.2) is 5.76 Å². The third-order valence-electron chi connectivity index (χ3n) is 5.26. The molecule has 0 saturated heterocycles. The van der Waals surface area contributed by atoms with Crippen LogP contribution in [0.5, 0.6) is 17.2 Å². The largest absolute Gasteiger partial charge is 0.497 e. The van der Waals surface area contributed by atoms with Crippen molar-refractivity contribution in [2.45, 2.75) is 32.8 Å². The van der Waals surface area contributed by atoms with Gasteiger partial charge in [-0.2, -0.15) is 0 Å². The number of carbonyl (C=O) groups is 1. The lowest BCUT2D eigenvalue weighted by molar-refractivity contribution is 0.101. The van der Waals surface area contributed by atoms with E-state index in [0.29, 0.717) is 29.4 Å². The maximum absolute atomic E-state index is 12.7. The second kappa shape index (κ2) is 8.31. The smallest absolute Gasteiger partial charge is 0.231 e. The molecule has 0 N–H and O–H groups in total. The fraction of sp³-hybridized carbons (Fsp3) is 0.222. The van der Waals surface area contributed by atoms with E-state index < -0.39 is 0 Å². The number of ketones is 1. The molecule has 4 nitrogen and oxygen atoms in total. The summed E-state index contributed by atoms with van der Waals surface area (Å²) < 4.78 is 17.0. The Bertz CT molecular complexity index is 1130. The van der Waals surface area contributed by atoms with E-state index >= 15 is 0 Å². The highest BCUT2D eigenvalue weighted by atomic mass is 16.5. The van der Waals surface area contributed by atoms with Crippen LogP contribution in [0.15, 0.2) is 72.5 Å². The Morgan fingerprint density at radius 2 is 1.71 bits per heavy atom. The lowest BCUT2D eigenvalue weighted by Crippen LogP contribution is -2.10. The summed E-state index contributed by atoms with van der Waals surface area (Å²) in [5.74, 6) is 2.16. The predicted octanol–water partition coefficient (Wildman–Crippen LogP) is 6.19. The highest BCUT2D eigenvalue weighted by Crippen LogP contribution is 2.35. The van der Waals surface area contributed by atoms with Gasteiger partial charge < -0.3 is 14.2 Å². The van der Waals surface area contributed by atoms with Gasteiger partial charge in [0.25, 0.3) is 0 Å². The van der Waals surface area contributed by atoms with Crippen LogP contribution in [-0.2, 0) is 12.0 Å². The molecular weight excluding hydrogens is 388 g/mol. The lowest BCUT2D eigenvalue weighted by Gasteiger charge is -2.18. The molecule has 0 aliphatic carbocycles. The van der Waals surface area contributed by atoms with Crippen molar-refractivity contribution in [3.63, 3.8) is 0 Å². The van der Waals surface area contributed by atoms with Crippen LogP contribution in [0.4, 0.5) is 0 Å². The molecular formula is C27H26O4. The first-order valence-electron chi connectivity index (χ1n) is 10.3. The van der Waals surface area contributed by atoms with Crippen LogP contribution in [0, 0.1) is 0 Å². The van der Waals surface area contributed by atoms with Crippen molar-refractivity contribution in [2.24, 2.45) is 0 Å². The van der Waals surface area contributed by atoms with Gasteiger partial charge >= 0.3 is 0 Å². The van der Waals surface area contributed by atoms with Crippen molar-refractivity contribution in [3.8, 4) is 17.2 Å². The number of Topliss-reactive ketones (excluding diaryl/α,β-unsaturated/α-hetero) is 1. The standard InChI is InChI=1S/C27H26O4/c1-27(2,3)20-10-8-18(9-11-20)15-25-26(28)23-13-12-22(16-24(23)31-25)30-17-19-6-5-7-21(14-19)29-4/h5-16H,17H2,1-4H3. The number of ether oxygens (including phenoxy) is 3. The van der Waals surface area contributed by atoms with Crippen LogP contribution >= 0.6 is 0 Å². The molecule has 0 bridgehead atoms. The Balaban J connectivity index is 1.48. The van der Waals surface area contributed by atoms with Gasteiger partial charge in [-0.25, -0.2) is 0 Å². The SMILES string of the molecule is COc1cccc(COc2ccc3c(c2)OC(=Cc2ccc(C(C)(C)C)cc2)C3=O)c1. The number of hydrogen-bond donors (Lipinski definition) is 0. The molecule has 4 heteroatoms. The van der Waals surface area contributed by atoms with E-state index in [1.807, 2.05) is 36.4 Å². The molecule has 4 rings (SSSR count). The summed E-state index contributed by atoms with van der Waals surface area (Å²) in [4.78, 5) is 12.7. The number of fused-ring (bicyclic) bond motifs is 1. The average Bonchev–Trinajstić information content (AvgIpc) is 3.07. The van der Waals surface area contributed by atoms with E-state index in [0.717, 1.165) is 16.9 Å². The lowest BCUT2D eigenvalue weighted by atomic mass is 9.86. The Morgan fingerprint density at radius 1 is 0.935 bits per heavy atom. The molecule has 31 heavy (non-hydrogen) atoms. The van der Waals surface area contributed by atoms with Crippen LogP contribution in [0.25, 0.3) is 6.08 Å². The molecule has 158 valence electrons. The number of hydrogen-bond acceptors (Lipinski definition) is 4. The minimum absolute atomic E-state index is 0.0862. The van der Waals surface area contributed by atoms with E-state index in [1.165, 1.54) is 5.56 Å². The fourth-order valence-corrected chi connectivity index (χ4v) is 3.42. The first-order chi connectivity index (χ1) is 14.8. The molecule has 0 radical (unpaired) electrons. The highest BCUT2D eigenvalue weighted by Gasteiger charge is 2.27. The minimum Gasteiger partial charge on any atom is -0.497 e. The molecule has 1 aliphatic heterocycles. The summed E-state index contributed by atoms with van der Waals surface area (Å²) in [6, 6.07) is 21.2. The van der Waals surface area contributed by atoms with Gasteiger partial charge in [-0.3, -0.25) is 4.79 Å². The van der Waals surface area contributed by atoms with Gasteiger partial charge in [-0.15, -0.1) is 0 Å². The number of methoxy groups -OCH3 is 1. The Kier molecular flexibility index (Phi) is 5.55. The first kappa shape index (κ1) is 20.7. The highest BCUT2D eigenvalue weighted by molar-refractivity contribution is 6.14. The maximum atomic E-state index is 12.7. The van der Waals surface area contributed by atoms with Crippen LogP contribution in [0.1, 0.15) is 47.8 Å². The molecule has 1 heterocycles. The molecule has 1 aliphatic rings. The zero-order valence-electron chi connectivity index (χ0n) is 18.3. The molecule has 0 saturated carbocycles. The second-order valence-electron chi connectivity index (χ2n) is 8.61. The van der Waals surface area contributed by atoms with Crippen molar-refractivity contribution in [1.82, 2.24) is 0 Å². The van der Waals surface area contributed by atoms with Crippen molar-refractivity contribution < 1.29 is 19.0 Å². The molecule has 3 aromatic rings. The number of carbonyl (C=O) groups excluding carboxylic acids is 1. The summed E-state index contributed by atoms with van der Waals surface area (Å²) in [6.07, 6.45) is 1.78. The number of benzene rings is 3. The van der Waals surface area contributed by atoms with Crippen LogP contribution in [0.3, 0.4) is 0 Å². The third kappa shape index (κ3) is 4.64. The number of allylic oxidation sites excluding steroid dienone is 1. The van der Waals surface area contributed by atoms with Gasteiger partial charge in [0.2, 0.25) is 5.78 Å². The summed E-state index contributed by atoms with van der Waals surface area (Å²) in [7, 11) is 1.64. The maximum Gasteiger partial charge on any atom is 0.231 e. The Labute approximate surface area is 183 Å². The van der Waals surface area contributed by atoms with Gasteiger partial charge in [-0.05, 0) is 52.4 Å². The minimum atomic E-state index is -0.116. The zero-order valence-corrected chi connectivity index (χ0v) is 18.3. The molecule has 0 spiro atoms. The van der Waals surface area contributed by atoms with E-state index in [1.54, 1.807) is 31.4 Å². The summed E-state index contributed by atoms with van der Waals surface area (Å²) in [6.45, 7) is 6.92. The van der Waals surface area contributed by atoms with Crippen molar-refractivity contribution in [2.75, 3.05) is 7.11 Å². The first-order valence-corrected chi connectivity index (χ1v) is 10.3. The Hall–Kier alpha value is -3.53. The molecule has 0 unspecified atom stereocenters. The molecule has 0 amide bonds. The van der Waals surface area contributed by atoms with Crippen LogP contribution in [-0.4, -0.2) is 12.9 Å². The van der Waals surface area contributed by atoms with Gasteiger partial charge in [-0.1, -0.05) is 57.2 Å². The molecule has 0 fully saturated rings. The summed E-state index contributed by atoms with van der Waals surface area (Å²) >= 11 is 0. The van der Waals surface area contributed by atoms with E-state index in [2.05, 4.69) is 32.9 Å². The molecule has 0 atom stereocenters. The van der Waals surface area contributed by atoms with E-state index in [-0.39, 0.29) is 11.2 Å². The predicted molar refractivity (Wildman–Crippen MR) is 122 cm³/mol. The van der Waals surface area contributed by atoms with Crippen LogP contribution < -0.4 is 14.2 Å². The Morgan fingerprint density at radius 3 is 2.42 bits per heavy atom. The quantitative estimate of drug-likeness (QED) is 0.467. The number of rotatable bonds is 5. The molecule has 3 aromatic carbocycles. The van der Waals surface area contributed by atoms with E-state index in [9.17, 15) is 4.79 Å². The second-order valence-corrected chi connectivity index (χ2v) is 8.61. The van der Waals surface area contributed by atoms with Gasteiger partial charge in [0, 0.05) is 6.07 Å². The van der Waals surface area contributed by atoms with Crippen molar-refractivity contribution in [1.29, 1.82) is 0 Å². The summed E-state index contributed by atoms with van der Waals surface area (Å²) in [5, 5.41) is 0. The third-order valence-corrected chi connectivity index (χ3v) is 5.26. The van der Waals surface area contributed by atoms with Gasteiger partial charge in [0.05, 0.1) is 12.7 Å².